The van der Waals surface area contributed by atoms with Crippen LogP contribution >= 0.6 is 0 Å². The maximum absolute atomic E-state index is 14.2. The number of imidazole rings is 1. The third-order valence-corrected chi connectivity index (χ3v) is 10.5. The van der Waals surface area contributed by atoms with E-state index in [-0.39, 0.29) is 50.1 Å². The number of carboxylic acid groups (broad SMARTS) is 1. The number of H-pyrrole nitrogens is 1. The van der Waals surface area contributed by atoms with Crippen molar-refractivity contribution < 1.29 is 38.7 Å². The largest absolute Gasteiger partial charge is 0.480 e. The number of nitrogens with two attached hydrogens (primary N) is 2. The molecule has 0 unspecified atom stereocenters. The molecule has 2 fully saturated rings. The summed E-state index contributed by atoms with van der Waals surface area (Å²) in [5.74, 6) is -5.39. The Kier molecular flexibility index (Phi) is 17.6. The first-order valence-corrected chi connectivity index (χ1v) is 20.1. The second-order valence-corrected chi connectivity index (χ2v) is 14.9. The molecule has 59 heavy (non-hydrogen) atoms. The molecule has 0 spiro atoms. The number of rotatable bonds is 22. The summed E-state index contributed by atoms with van der Waals surface area (Å²) in [7, 11) is 0. The summed E-state index contributed by atoms with van der Waals surface area (Å²) in [6.45, 7) is 4.14. The molecule has 20 nitrogen and oxygen atoms in total. The van der Waals surface area contributed by atoms with Gasteiger partial charge >= 0.3 is 5.97 Å². The van der Waals surface area contributed by atoms with Crippen molar-refractivity contribution in [3.05, 3.63) is 54.1 Å². The van der Waals surface area contributed by atoms with Crippen molar-refractivity contribution in [3.8, 4) is 0 Å². The molecule has 3 heterocycles. The fraction of sp³-hybridized carbons (Fsp3) is 0.564. The van der Waals surface area contributed by atoms with Crippen LogP contribution in [-0.2, 0) is 46.4 Å². The number of carbonyl (C=O) groups is 7. The Morgan fingerprint density at radius 3 is 2.27 bits per heavy atom. The SMILES string of the molecule is CC[C@H](C)[C@H](NC(=O)[C@H](CCCN=C(N)N)NC(=O)[C@H](Cc1ccccc1)NC(=O)[C@@H]1CCCN1C(=O)[C@@H]1CCCN1)C(=O)N[C@@H](Cc1cnc[nH]1)C(=O)NCC(=O)O. The standard InChI is InChI=1S/C39H58N12O8/c1-3-23(2)32(37(58)49-29(19-25-20-42-22-46-25)33(54)45-21-31(52)53)50-34(55)26(12-7-16-44-39(40)41)47-35(56)28(18-24-10-5-4-6-11-24)48-36(57)30-14-9-17-51(30)38(59)27-13-8-15-43-27/h4-6,10-11,20,22-23,26-30,32,43H,3,7-9,12-19,21H2,1-2H3,(H,42,46)(H,45,54)(H,47,56)(H,48,57)(H,49,58)(H,50,55)(H,52,53)(H4,40,41,44)/t23-,26-,27-,28-,29-,30-,32-/m0/s1. The number of hydrogen-bond acceptors (Lipinski definition) is 10. The van der Waals surface area contributed by atoms with Crippen molar-refractivity contribution >= 4 is 47.4 Å². The van der Waals surface area contributed by atoms with Crippen molar-refractivity contribution in [2.24, 2.45) is 22.4 Å². The van der Waals surface area contributed by atoms with Gasteiger partial charge in [-0.3, -0.25) is 38.6 Å². The molecule has 2 aliphatic rings. The molecule has 1 aromatic carbocycles. The molecule has 2 aliphatic heterocycles. The topological polar surface area (TPSA) is 308 Å². The zero-order valence-corrected chi connectivity index (χ0v) is 33.6. The van der Waals surface area contributed by atoms with Crippen LogP contribution in [0.25, 0.3) is 0 Å². The number of aromatic nitrogens is 2. The highest BCUT2D eigenvalue weighted by Crippen LogP contribution is 2.21. The fourth-order valence-electron chi connectivity index (χ4n) is 7.10. The summed E-state index contributed by atoms with van der Waals surface area (Å²) in [5.41, 5.74) is 12.3. The van der Waals surface area contributed by atoms with Crippen molar-refractivity contribution in [3.63, 3.8) is 0 Å². The number of benzene rings is 1. The molecule has 322 valence electrons. The number of guanidine groups is 1. The first-order chi connectivity index (χ1) is 28.3. The molecule has 0 radical (unpaired) electrons. The third-order valence-electron chi connectivity index (χ3n) is 10.5. The average Bonchev–Trinajstić information content (AvgIpc) is 4.04. The van der Waals surface area contributed by atoms with Crippen molar-refractivity contribution in [2.45, 2.75) is 108 Å². The van der Waals surface area contributed by atoms with E-state index in [0.29, 0.717) is 37.9 Å². The molecule has 20 heteroatoms. The van der Waals surface area contributed by atoms with E-state index in [1.165, 1.54) is 12.5 Å². The molecule has 0 aliphatic carbocycles. The molecule has 6 amide bonds. The van der Waals surface area contributed by atoms with Gasteiger partial charge in [0.1, 0.15) is 36.8 Å². The highest BCUT2D eigenvalue weighted by atomic mass is 16.4. The van der Waals surface area contributed by atoms with E-state index in [1.807, 2.05) is 13.0 Å². The summed E-state index contributed by atoms with van der Waals surface area (Å²) in [6.07, 6.45) is 6.19. The highest BCUT2D eigenvalue weighted by Gasteiger charge is 2.40. The lowest BCUT2D eigenvalue weighted by atomic mass is 9.96. The van der Waals surface area contributed by atoms with Gasteiger partial charge in [-0.1, -0.05) is 50.6 Å². The van der Waals surface area contributed by atoms with E-state index < -0.39 is 78.2 Å². The minimum absolute atomic E-state index is 0.0362. The Balaban J connectivity index is 1.55. The van der Waals surface area contributed by atoms with Gasteiger partial charge in [0, 0.05) is 37.8 Å². The van der Waals surface area contributed by atoms with Crippen LogP contribution in [-0.4, -0.2) is 130 Å². The number of aliphatic imine (C=N–C) groups is 1. The predicted molar refractivity (Wildman–Crippen MR) is 216 cm³/mol. The van der Waals surface area contributed by atoms with E-state index in [4.69, 9.17) is 16.6 Å². The number of nitrogens with zero attached hydrogens (tertiary/aromatic N) is 3. The van der Waals surface area contributed by atoms with Crippen LogP contribution in [0, 0.1) is 5.92 Å². The fourth-order valence-corrected chi connectivity index (χ4v) is 7.10. The van der Waals surface area contributed by atoms with E-state index in [1.54, 1.807) is 36.1 Å². The molecule has 4 rings (SSSR count). The van der Waals surface area contributed by atoms with Crippen LogP contribution in [0.15, 0.2) is 47.8 Å². The van der Waals surface area contributed by atoms with Crippen molar-refractivity contribution in [2.75, 3.05) is 26.2 Å². The lowest BCUT2D eigenvalue weighted by Crippen LogP contribution is -2.60. The Labute approximate surface area is 342 Å². The van der Waals surface area contributed by atoms with Crippen LogP contribution < -0.4 is 43.4 Å². The molecule has 2 aromatic rings. The number of amides is 6. The molecule has 12 N–H and O–H groups in total. The number of aliphatic carboxylic acids is 1. The van der Waals surface area contributed by atoms with Gasteiger partial charge in [0.2, 0.25) is 35.4 Å². The van der Waals surface area contributed by atoms with E-state index in [2.05, 4.69) is 46.9 Å². The van der Waals surface area contributed by atoms with E-state index in [0.717, 1.165) is 18.5 Å². The zero-order chi connectivity index (χ0) is 42.9. The Morgan fingerprint density at radius 2 is 1.63 bits per heavy atom. The van der Waals surface area contributed by atoms with Crippen LogP contribution in [0.4, 0.5) is 0 Å². The molecule has 7 atom stereocenters. The summed E-state index contributed by atoms with van der Waals surface area (Å²) in [5, 5.41) is 25.6. The highest BCUT2D eigenvalue weighted by molar-refractivity contribution is 5.97. The van der Waals surface area contributed by atoms with Gasteiger partial charge in [-0.2, -0.15) is 0 Å². The Bertz CT molecular complexity index is 1770. The van der Waals surface area contributed by atoms with E-state index >= 15 is 0 Å². The Hall–Kier alpha value is -6.05. The number of aromatic amines is 1. The molecule has 2 saturated heterocycles. The quantitative estimate of drug-likeness (QED) is 0.0357. The summed E-state index contributed by atoms with van der Waals surface area (Å²) >= 11 is 0. The monoisotopic (exact) mass is 822 g/mol. The second-order valence-electron chi connectivity index (χ2n) is 14.9. The lowest BCUT2D eigenvalue weighted by Gasteiger charge is -2.30. The second kappa shape index (κ2) is 22.8. The van der Waals surface area contributed by atoms with Crippen molar-refractivity contribution in [1.82, 2.24) is 46.8 Å². The maximum atomic E-state index is 14.2. The van der Waals surface area contributed by atoms with Gasteiger partial charge in [0.05, 0.1) is 12.4 Å². The molecule has 0 saturated carbocycles. The number of nitrogens with one attached hydrogen (secondary N) is 7. The third kappa shape index (κ3) is 14.1. The minimum atomic E-state index is -1.28. The summed E-state index contributed by atoms with van der Waals surface area (Å²) in [4.78, 5) is 106. The van der Waals surface area contributed by atoms with Crippen LogP contribution in [0.2, 0.25) is 0 Å². The number of hydrogen-bond donors (Lipinski definition) is 10. The van der Waals surface area contributed by atoms with Crippen LogP contribution in [0.5, 0.6) is 0 Å². The average molecular weight is 823 g/mol. The number of carboxylic acids is 1. The van der Waals surface area contributed by atoms with Gasteiger partial charge in [0.15, 0.2) is 5.96 Å². The zero-order valence-electron chi connectivity index (χ0n) is 33.6. The number of likely N-dealkylation sites (tertiary alicyclic amines) is 1. The van der Waals surface area contributed by atoms with Gasteiger partial charge in [-0.15, -0.1) is 0 Å². The summed E-state index contributed by atoms with van der Waals surface area (Å²) < 4.78 is 0. The minimum Gasteiger partial charge on any atom is -0.480 e. The first kappa shape index (κ1) is 45.6. The predicted octanol–water partition coefficient (Wildman–Crippen LogP) is -1.82. The molecule has 1 aromatic heterocycles. The van der Waals surface area contributed by atoms with Gasteiger partial charge in [-0.05, 0) is 56.6 Å². The molecule has 0 bridgehead atoms. The lowest BCUT2D eigenvalue weighted by molar-refractivity contribution is -0.141. The van der Waals surface area contributed by atoms with E-state index in [9.17, 15) is 33.6 Å². The first-order valence-electron chi connectivity index (χ1n) is 20.1. The maximum Gasteiger partial charge on any atom is 0.322 e. The normalized spacial score (nSPS) is 18.6. The van der Waals surface area contributed by atoms with Gasteiger partial charge in [-0.25, -0.2) is 4.98 Å². The molecular formula is C39H58N12O8. The van der Waals surface area contributed by atoms with Crippen molar-refractivity contribution in [1.29, 1.82) is 0 Å². The van der Waals surface area contributed by atoms with Crippen LogP contribution in [0.1, 0.15) is 70.1 Å². The molecular weight excluding hydrogens is 765 g/mol. The summed E-state index contributed by atoms with van der Waals surface area (Å²) in [6, 6.07) is 3.09. The number of carbonyl (C=O) groups excluding carboxylic acids is 6. The van der Waals surface area contributed by atoms with Crippen LogP contribution in [0.3, 0.4) is 0 Å². The smallest absolute Gasteiger partial charge is 0.322 e. The van der Waals surface area contributed by atoms with Gasteiger partial charge < -0.3 is 58.4 Å². The Morgan fingerprint density at radius 1 is 0.915 bits per heavy atom. The van der Waals surface area contributed by atoms with Gasteiger partial charge in [0.25, 0.3) is 0 Å².